The van der Waals surface area contributed by atoms with Crippen LogP contribution < -0.4 is 0 Å². The zero-order chi connectivity index (χ0) is 12.7. The van der Waals surface area contributed by atoms with Crippen molar-refractivity contribution in [3.8, 4) is 0 Å². The maximum atomic E-state index is 11.0. The maximum absolute atomic E-state index is 11.0. The summed E-state index contributed by atoms with van der Waals surface area (Å²) in [5.41, 5.74) is 0. The summed E-state index contributed by atoms with van der Waals surface area (Å²) in [5.74, 6) is 0. The van der Waals surface area contributed by atoms with Gasteiger partial charge in [-0.05, 0) is 26.0 Å². The molecule has 0 aromatic carbocycles. The number of carbonyl (C=O) groups excluding carboxylic acids is 2. The monoisotopic (exact) mass is 244 g/mol. The van der Waals surface area contributed by atoms with Gasteiger partial charge in [-0.2, -0.15) is 0 Å². The van der Waals surface area contributed by atoms with Gasteiger partial charge in [0.2, 0.25) is 0 Å². The molecule has 6 heteroatoms. The number of hydrogen-bond acceptors (Lipinski definition) is 6. The molecule has 2 atom stereocenters. The van der Waals surface area contributed by atoms with Crippen LogP contribution in [0, 0.1) is 0 Å². The summed E-state index contributed by atoms with van der Waals surface area (Å²) >= 11 is 0. The van der Waals surface area contributed by atoms with E-state index in [4.69, 9.17) is 9.47 Å². The summed E-state index contributed by atoms with van der Waals surface area (Å²) in [6.07, 6.45) is 1.40. The fourth-order valence-electron chi connectivity index (χ4n) is 1.36. The first kappa shape index (κ1) is 13.3. The molecule has 0 aliphatic heterocycles. The Morgan fingerprint density at radius 2 is 1.41 bits per heavy atom. The molecule has 0 fully saturated rings. The Hall–Kier alpha value is -1.72. The van der Waals surface area contributed by atoms with E-state index in [9.17, 15) is 9.59 Å². The molecule has 1 aliphatic rings. The quantitative estimate of drug-likeness (QED) is 0.556. The van der Waals surface area contributed by atoms with Crippen LogP contribution in [-0.4, -0.2) is 37.7 Å². The molecule has 96 valence electrons. The van der Waals surface area contributed by atoms with Crippen molar-refractivity contribution in [3.05, 3.63) is 12.2 Å². The molecule has 0 radical (unpaired) electrons. The van der Waals surface area contributed by atoms with Crippen LogP contribution in [0.3, 0.4) is 0 Å². The molecular formula is C11H16O6. The Labute approximate surface area is 99.5 Å². The van der Waals surface area contributed by atoms with Crippen molar-refractivity contribution in [2.45, 2.75) is 32.5 Å². The van der Waals surface area contributed by atoms with Crippen LogP contribution in [0.1, 0.15) is 20.3 Å². The predicted octanol–water partition coefficient (Wildman–Crippen LogP) is 2.03. The van der Waals surface area contributed by atoms with E-state index in [1.165, 1.54) is 0 Å². The average molecular weight is 244 g/mol. The molecule has 1 rings (SSSR count). The molecule has 0 spiro atoms. The lowest BCUT2D eigenvalue weighted by atomic mass is 10.3. The molecule has 0 saturated heterocycles. The molecule has 1 aliphatic carbocycles. The molecule has 0 amide bonds. The molecular weight excluding hydrogens is 228 g/mol. The highest BCUT2D eigenvalue weighted by Gasteiger charge is 2.25. The topological polar surface area (TPSA) is 71.1 Å². The van der Waals surface area contributed by atoms with Crippen molar-refractivity contribution >= 4 is 12.3 Å². The van der Waals surface area contributed by atoms with Gasteiger partial charge in [-0.3, -0.25) is 0 Å². The number of rotatable bonds is 4. The highest BCUT2D eigenvalue weighted by molar-refractivity contribution is 5.61. The lowest BCUT2D eigenvalue weighted by molar-refractivity contribution is 0.0162. The average Bonchev–Trinajstić information content (AvgIpc) is 2.66. The van der Waals surface area contributed by atoms with Crippen LogP contribution in [0.4, 0.5) is 9.59 Å². The zero-order valence-electron chi connectivity index (χ0n) is 9.88. The normalized spacial score (nSPS) is 22.0. The molecule has 0 aromatic rings. The van der Waals surface area contributed by atoms with E-state index in [0.717, 1.165) is 0 Å². The first-order valence-corrected chi connectivity index (χ1v) is 5.50. The van der Waals surface area contributed by atoms with Gasteiger partial charge in [0, 0.05) is 6.42 Å². The first-order chi connectivity index (χ1) is 8.15. The third-order valence-corrected chi connectivity index (χ3v) is 2.02. The second kappa shape index (κ2) is 6.78. The fraction of sp³-hybridized carbons (Fsp3) is 0.636. The Morgan fingerprint density at radius 1 is 1.00 bits per heavy atom. The van der Waals surface area contributed by atoms with Gasteiger partial charge in [-0.25, -0.2) is 9.59 Å². The van der Waals surface area contributed by atoms with Gasteiger partial charge in [0.15, 0.2) is 0 Å². The smallest absolute Gasteiger partial charge is 0.435 e. The Morgan fingerprint density at radius 3 is 1.76 bits per heavy atom. The summed E-state index contributed by atoms with van der Waals surface area (Å²) in [6, 6.07) is 0. The highest BCUT2D eigenvalue weighted by atomic mass is 16.7. The van der Waals surface area contributed by atoms with Gasteiger partial charge < -0.3 is 18.9 Å². The Kier molecular flexibility index (Phi) is 5.32. The maximum Gasteiger partial charge on any atom is 0.508 e. The molecule has 0 saturated carbocycles. The van der Waals surface area contributed by atoms with Crippen LogP contribution in [-0.2, 0) is 18.9 Å². The number of ether oxygens (including phenoxy) is 4. The summed E-state index contributed by atoms with van der Waals surface area (Å²) < 4.78 is 19.1. The van der Waals surface area contributed by atoms with E-state index in [-0.39, 0.29) is 13.2 Å². The van der Waals surface area contributed by atoms with Crippen molar-refractivity contribution in [2.75, 3.05) is 13.2 Å². The molecule has 0 heterocycles. The van der Waals surface area contributed by atoms with Crippen LogP contribution in [0.5, 0.6) is 0 Å². The zero-order valence-corrected chi connectivity index (χ0v) is 9.88. The SMILES string of the molecule is CCOC(=O)O[C@@H]1C=C[C@H](OC(=O)OCC)C1. The summed E-state index contributed by atoms with van der Waals surface area (Å²) in [5, 5.41) is 0. The molecule has 0 N–H and O–H groups in total. The second-order valence-corrected chi connectivity index (χ2v) is 3.30. The lowest BCUT2D eigenvalue weighted by Gasteiger charge is -2.13. The summed E-state index contributed by atoms with van der Waals surface area (Å²) in [4.78, 5) is 22.0. The van der Waals surface area contributed by atoms with Gasteiger partial charge in [0.1, 0.15) is 12.2 Å². The Bertz CT molecular complexity index is 270. The predicted molar refractivity (Wildman–Crippen MR) is 57.5 cm³/mol. The fourth-order valence-corrected chi connectivity index (χ4v) is 1.36. The van der Waals surface area contributed by atoms with E-state index in [0.29, 0.717) is 6.42 Å². The van der Waals surface area contributed by atoms with E-state index in [2.05, 4.69) is 9.47 Å². The van der Waals surface area contributed by atoms with Crippen molar-refractivity contribution in [3.63, 3.8) is 0 Å². The largest absolute Gasteiger partial charge is 0.508 e. The molecule has 0 bridgehead atoms. The molecule has 17 heavy (non-hydrogen) atoms. The van der Waals surface area contributed by atoms with E-state index in [1.807, 2.05) is 0 Å². The van der Waals surface area contributed by atoms with Gasteiger partial charge in [0.25, 0.3) is 0 Å². The van der Waals surface area contributed by atoms with E-state index in [1.54, 1.807) is 26.0 Å². The summed E-state index contributed by atoms with van der Waals surface area (Å²) in [6.45, 7) is 3.91. The van der Waals surface area contributed by atoms with Gasteiger partial charge in [0.05, 0.1) is 13.2 Å². The van der Waals surface area contributed by atoms with Gasteiger partial charge in [-0.15, -0.1) is 0 Å². The third-order valence-electron chi connectivity index (χ3n) is 2.02. The third kappa shape index (κ3) is 4.76. The van der Waals surface area contributed by atoms with Crippen molar-refractivity contribution in [1.29, 1.82) is 0 Å². The second-order valence-electron chi connectivity index (χ2n) is 3.30. The number of carbonyl (C=O) groups is 2. The van der Waals surface area contributed by atoms with Gasteiger partial charge in [-0.1, -0.05) is 0 Å². The summed E-state index contributed by atoms with van der Waals surface area (Å²) in [7, 11) is 0. The van der Waals surface area contributed by atoms with Gasteiger partial charge >= 0.3 is 12.3 Å². The highest BCUT2D eigenvalue weighted by Crippen LogP contribution is 2.18. The number of hydrogen-bond donors (Lipinski definition) is 0. The Balaban J connectivity index is 2.26. The van der Waals surface area contributed by atoms with Crippen LogP contribution in [0.2, 0.25) is 0 Å². The van der Waals surface area contributed by atoms with Crippen LogP contribution in [0.15, 0.2) is 12.2 Å². The minimum atomic E-state index is -0.723. The van der Waals surface area contributed by atoms with Crippen LogP contribution >= 0.6 is 0 Å². The molecule has 6 nitrogen and oxygen atoms in total. The molecule has 0 aromatic heterocycles. The molecule has 0 unspecified atom stereocenters. The van der Waals surface area contributed by atoms with E-state index < -0.39 is 24.5 Å². The van der Waals surface area contributed by atoms with Crippen molar-refractivity contribution < 1.29 is 28.5 Å². The van der Waals surface area contributed by atoms with E-state index >= 15 is 0 Å². The van der Waals surface area contributed by atoms with Crippen LogP contribution in [0.25, 0.3) is 0 Å². The standard InChI is InChI=1S/C11H16O6/c1-3-14-10(12)16-8-5-6-9(7-8)17-11(13)15-4-2/h5-6,8-9H,3-4,7H2,1-2H3/t8-,9+. The van der Waals surface area contributed by atoms with Crippen molar-refractivity contribution in [1.82, 2.24) is 0 Å². The minimum absolute atomic E-state index is 0.262. The lowest BCUT2D eigenvalue weighted by Crippen LogP contribution is -2.21. The van der Waals surface area contributed by atoms with Crippen molar-refractivity contribution in [2.24, 2.45) is 0 Å². The first-order valence-electron chi connectivity index (χ1n) is 5.50. The minimum Gasteiger partial charge on any atom is -0.435 e.